The molecule has 0 saturated carbocycles. The molecule has 9 heteroatoms. The monoisotopic (exact) mass is 371 g/mol. The van der Waals surface area contributed by atoms with Crippen LogP contribution in [0.4, 0.5) is 0 Å². The minimum absolute atomic E-state index is 0.0303. The van der Waals surface area contributed by atoms with E-state index in [0.29, 0.717) is 15.8 Å². The summed E-state index contributed by atoms with van der Waals surface area (Å²) in [7, 11) is 0. The fourth-order valence-electron chi connectivity index (χ4n) is 2.41. The van der Waals surface area contributed by atoms with E-state index in [4.69, 9.17) is 0 Å². The van der Waals surface area contributed by atoms with Crippen molar-refractivity contribution in [2.24, 2.45) is 0 Å². The van der Waals surface area contributed by atoms with E-state index in [1.165, 1.54) is 28.4 Å². The highest BCUT2D eigenvalue weighted by Gasteiger charge is 2.13. The third-order valence-electron chi connectivity index (χ3n) is 3.97. The maximum absolute atomic E-state index is 12.5. The minimum Gasteiger partial charge on any atom is -0.298 e. The predicted octanol–water partition coefficient (Wildman–Crippen LogP) is 1.32. The summed E-state index contributed by atoms with van der Waals surface area (Å²) in [4.78, 5) is 46.2. The van der Waals surface area contributed by atoms with Gasteiger partial charge in [-0.1, -0.05) is 0 Å². The number of hydrogen-bond acceptors (Lipinski definition) is 6. The van der Waals surface area contributed by atoms with Crippen LogP contribution in [0.3, 0.4) is 0 Å². The molecule has 3 heterocycles. The molecule has 0 saturated heterocycles. The van der Waals surface area contributed by atoms with Crippen LogP contribution >= 0.6 is 11.3 Å². The second kappa shape index (κ2) is 7.44. The summed E-state index contributed by atoms with van der Waals surface area (Å²) in [6.07, 6.45) is 4.42. The van der Waals surface area contributed by atoms with Crippen LogP contribution in [0.2, 0.25) is 0 Å². The van der Waals surface area contributed by atoms with Gasteiger partial charge in [-0.3, -0.25) is 34.8 Å². The van der Waals surface area contributed by atoms with Crippen molar-refractivity contribution in [1.82, 2.24) is 25.4 Å². The number of pyridine rings is 1. The van der Waals surface area contributed by atoms with E-state index in [1.807, 2.05) is 13.8 Å². The highest BCUT2D eigenvalue weighted by molar-refractivity contribution is 7.18. The van der Waals surface area contributed by atoms with Gasteiger partial charge in [-0.15, -0.1) is 11.3 Å². The normalized spacial score (nSPS) is 10.7. The average Bonchev–Trinajstić information content (AvgIpc) is 2.94. The second-order valence-electron chi connectivity index (χ2n) is 5.70. The highest BCUT2D eigenvalue weighted by atomic mass is 32.1. The molecular formula is C17H17N5O3S. The minimum atomic E-state index is -0.462. The first-order valence-electron chi connectivity index (χ1n) is 7.91. The molecule has 0 aromatic carbocycles. The predicted molar refractivity (Wildman–Crippen MR) is 97.8 cm³/mol. The fraction of sp³-hybridized carbons (Fsp3) is 0.235. The SMILES string of the molecule is Cc1sc2ncn(CCC(=O)NNC(=O)c3cccnc3)c(=O)c2c1C. The van der Waals surface area contributed by atoms with E-state index >= 15 is 0 Å². The Morgan fingerprint density at radius 3 is 2.81 bits per heavy atom. The molecule has 8 nitrogen and oxygen atoms in total. The quantitative estimate of drug-likeness (QED) is 0.673. The Bertz CT molecular complexity index is 1030. The number of fused-ring (bicyclic) bond motifs is 1. The van der Waals surface area contributed by atoms with Gasteiger partial charge >= 0.3 is 0 Å². The standard InChI is InChI=1S/C17H17N5O3S/c1-10-11(2)26-16-14(10)17(25)22(9-19-16)7-5-13(23)20-21-15(24)12-4-3-6-18-8-12/h3-4,6,8-9H,5,7H2,1-2H3,(H,20,23)(H,21,24). The Balaban J connectivity index is 1.60. The lowest BCUT2D eigenvalue weighted by Gasteiger charge is -2.08. The molecule has 0 aliphatic carbocycles. The number of hydrogen-bond donors (Lipinski definition) is 2. The summed E-state index contributed by atoms with van der Waals surface area (Å²) in [5.41, 5.74) is 5.73. The van der Waals surface area contributed by atoms with Crippen molar-refractivity contribution in [1.29, 1.82) is 0 Å². The number of aromatic nitrogens is 3. The molecule has 3 rings (SSSR count). The fourth-order valence-corrected chi connectivity index (χ4v) is 3.40. The van der Waals surface area contributed by atoms with Crippen LogP contribution in [0.25, 0.3) is 10.2 Å². The lowest BCUT2D eigenvalue weighted by molar-refractivity contribution is -0.122. The zero-order valence-electron chi connectivity index (χ0n) is 14.3. The van der Waals surface area contributed by atoms with Gasteiger partial charge in [0, 0.05) is 30.2 Å². The number of carbonyl (C=O) groups is 2. The van der Waals surface area contributed by atoms with Gasteiger partial charge in [0.1, 0.15) is 4.83 Å². The maximum Gasteiger partial charge on any atom is 0.271 e. The maximum atomic E-state index is 12.5. The molecule has 134 valence electrons. The number of rotatable bonds is 4. The molecule has 0 spiro atoms. The topological polar surface area (TPSA) is 106 Å². The van der Waals surface area contributed by atoms with Crippen LogP contribution in [0.1, 0.15) is 27.2 Å². The molecular weight excluding hydrogens is 354 g/mol. The number of nitrogens with one attached hydrogen (secondary N) is 2. The molecule has 26 heavy (non-hydrogen) atoms. The van der Waals surface area contributed by atoms with E-state index in [2.05, 4.69) is 20.8 Å². The van der Waals surface area contributed by atoms with Gasteiger partial charge in [-0.2, -0.15) is 0 Å². The van der Waals surface area contributed by atoms with Crippen molar-refractivity contribution in [2.75, 3.05) is 0 Å². The molecule has 0 radical (unpaired) electrons. The molecule has 2 N–H and O–H groups in total. The summed E-state index contributed by atoms with van der Waals surface area (Å²) >= 11 is 1.48. The highest BCUT2D eigenvalue weighted by Crippen LogP contribution is 2.25. The third-order valence-corrected chi connectivity index (χ3v) is 5.09. The lowest BCUT2D eigenvalue weighted by atomic mass is 10.2. The van der Waals surface area contributed by atoms with E-state index < -0.39 is 11.8 Å². The molecule has 0 aliphatic heterocycles. The molecule has 0 atom stereocenters. The Labute approximate surface area is 152 Å². The summed E-state index contributed by atoms with van der Waals surface area (Å²) in [5.74, 6) is -0.872. The molecule has 0 unspecified atom stereocenters. The number of hydrazine groups is 1. The smallest absolute Gasteiger partial charge is 0.271 e. The van der Waals surface area contributed by atoms with E-state index in [9.17, 15) is 14.4 Å². The molecule has 2 amide bonds. The largest absolute Gasteiger partial charge is 0.298 e. The second-order valence-corrected chi connectivity index (χ2v) is 6.90. The van der Waals surface area contributed by atoms with Gasteiger partial charge < -0.3 is 0 Å². The van der Waals surface area contributed by atoms with Crippen molar-refractivity contribution in [3.05, 3.63) is 57.2 Å². The number of aryl methyl sites for hydroxylation is 3. The number of amides is 2. The van der Waals surface area contributed by atoms with E-state index in [1.54, 1.807) is 18.3 Å². The van der Waals surface area contributed by atoms with Gasteiger partial charge in [0.25, 0.3) is 11.5 Å². The van der Waals surface area contributed by atoms with Gasteiger partial charge in [-0.25, -0.2) is 4.98 Å². The molecule has 0 fully saturated rings. The van der Waals surface area contributed by atoms with Crippen LogP contribution in [-0.4, -0.2) is 26.3 Å². The van der Waals surface area contributed by atoms with Crippen LogP contribution in [0.15, 0.2) is 35.6 Å². The van der Waals surface area contributed by atoms with Crippen LogP contribution in [-0.2, 0) is 11.3 Å². The molecule has 3 aromatic heterocycles. The number of nitrogens with zero attached hydrogens (tertiary/aromatic N) is 3. The summed E-state index contributed by atoms with van der Waals surface area (Å²) in [6, 6.07) is 3.21. The first-order chi connectivity index (χ1) is 12.5. The van der Waals surface area contributed by atoms with Crippen molar-refractivity contribution in [3.8, 4) is 0 Å². The van der Waals surface area contributed by atoms with E-state index in [-0.39, 0.29) is 18.5 Å². The van der Waals surface area contributed by atoms with Gasteiger partial charge in [0.15, 0.2) is 0 Å². The third kappa shape index (κ3) is 3.62. The molecule has 0 bridgehead atoms. The van der Waals surface area contributed by atoms with Crippen molar-refractivity contribution >= 4 is 33.4 Å². The lowest BCUT2D eigenvalue weighted by Crippen LogP contribution is -2.42. The van der Waals surface area contributed by atoms with Crippen molar-refractivity contribution in [3.63, 3.8) is 0 Å². The van der Waals surface area contributed by atoms with Crippen LogP contribution in [0.5, 0.6) is 0 Å². The van der Waals surface area contributed by atoms with Crippen molar-refractivity contribution < 1.29 is 9.59 Å². The van der Waals surface area contributed by atoms with Crippen LogP contribution in [0, 0.1) is 13.8 Å². The Hall–Kier alpha value is -3.07. The van der Waals surface area contributed by atoms with Gasteiger partial charge in [0.2, 0.25) is 5.91 Å². The first-order valence-corrected chi connectivity index (χ1v) is 8.73. The van der Waals surface area contributed by atoms with E-state index in [0.717, 1.165) is 10.4 Å². The Kier molecular flexibility index (Phi) is 5.08. The van der Waals surface area contributed by atoms with Gasteiger partial charge in [0.05, 0.1) is 17.3 Å². The van der Waals surface area contributed by atoms with Gasteiger partial charge in [-0.05, 0) is 31.5 Å². The first kappa shape index (κ1) is 17.7. The Morgan fingerprint density at radius 2 is 2.08 bits per heavy atom. The summed E-state index contributed by atoms with van der Waals surface area (Å²) < 4.78 is 1.41. The summed E-state index contributed by atoms with van der Waals surface area (Å²) in [5, 5.41) is 0.597. The Morgan fingerprint density at radius 1 is 1.27 bits per heavy atom. The zero-order valence-corrected chi connectivity index (χ0v) is 15.1. The average molecular weight is 371 g/mol. The summed E-state index contributed by atoms with van der Waals surface area (Å²) in [6.45, 7) is 4.01. The number of carbonyl (C=O) groups excluding carboxylic acids is 2. The molecule has 0 aliphatic rings. The molecule has 3 aromatic rings. The zero-order chi connectivity index (χ0) is 18.7. The van der Waals surface area contributed by atoms with Crippen LogP contribution < -0.4 is 16.4 Å². The van der Waals surface area contributed by atoms with Crippen molar-refractivity contribution in [2.45, 2.75) is 26.8 Å². The number of thiophene rings is 1.